The summed E-state index contributed by atoms with van der Waals surface area (Å²) in [6.45, 7) is -2.57. The Morgan fingerprint density at radius 2 is 1.16 bits per heavy atom. The van der Waals surface area contributed by atoms with Crippen molar-refractivity contribution in [3.05, 3.63) is 70.8 Å². The molecule has 0 aliphatic carbocycles. The van der Waals surface area contributed by atoms with Gasteiger partial charge in [0.15, 0.2) is 6.29 Å². The average Bonchev–Trinajstić information content (AvgIpc) is 3.27. The van der Waals surface area contributed by atoms with Crippen LogP contribution in [0.3, 0.4) is 0 Å². The molecule has 2 saturated heterocycles. The first kappa shape index (κ1) is 33.8. The Balaban J connectivity index is 1.54. The van der Waals surface area contributed by atoms with Crippen molar-refractivity contribution >= 4 is 23.9 Å². The predicted molar refractivity (Wildman–Crippen MR) is 142 cm³/mol. The Bertz CT molecular complexity index is 1380. The van der Waals surface area contributed by atoms with Crippen LogP contribution in [0.1, 0.15) is 41.4 Å². The van der Waals surface area contributed by atoms with Crippen LogP contribution in [0.15, 0.2) is 48.5 Å². The van der Waals surface area contributed by atoms with Gasteiger partial charge < -0.3 is 64.5 Å². The highest BCUT2D eigenvalue weighted by molar-refractivity contribution is 5.93. The van der Waals surface area contributed by atoms with Crippen molar-refractivity contribution in [2.24, 2.45) is 0 Å². The molecule has 0 spiro atoms. The summed E-state index contributed by atoms with van der Waals surface area (Å²) in [5, 5.41) is 80.2. The van der Waals surface area contributed by atoms with Crippen molar-refractivity contribution in [2.75, 3.05) is 19.8 Å². The van der Waals surface area contributed by atoms with Crippen molar-refractivity contribution in [1.82, 2.24) is 0 Å². The maximum atomic E-state index is 12.8. The molecule has 8 N–H and O–H groups in total. The zero-order valence-electron chi connectivity index (χ0n) is 23.1. The summed E-state index contributed by atoms with van der Waals surface area (Å²) in [7, 11) is 0. The zero-order valence-corrected chi connectivity index (χ0v) is 23.1. The number of hydrogen-bond donors (Lipinski definition) is 8. The second-order valence-electron chi connectivity index (χ2n) is 10.2. The number of carboxylic acids is 2. The van der Waals surface area contributed by atoms with Crippen LogP contribution in [0.2, 0.25) is 0 Å². The number of ether oxygens (including phenoxy) is 5. The molecule has 0 aromatic heterocycles. The quantitative estimate of drug-likeness (QED) is 0.120. The van der Waals surface area contributed by atoms with Crippen LogP contribution >= 0.6 is 0 Å². The van der Waals surface area contributed by atoms with Gasteiger partial charge in [-0.3, -0.25) is 0 Å². The number of benzene rings is 2. The minimum Gasteiger partial charge on any atom is -0.478 e. The number of aliphatic hydroxyl groups is 6. The maximum Gasteiger partial charge on any atom is 0.338 e. The molecule has 45 heavy (non-hydrogen) atoms. The zero-order chi connectivity index (χ0) is 33.1. The highest BCUT2D eigenvalue weighted by atomic mass is 16.8. The Morgan fingerprint density at radius 1 is 0.667 bits per heavy atom. The van der Waals surface area contributed by atoms with E-state index in [0.717, 1.165) is 36.4 Å². The number of esters is 2. The van der Waals surface area contributed by atoms with E-state index in [4.69, 9.17) is 33.9 Å². The Labute approximate surface area is 253 Å². The summed E-state index contributed by atoms with van der Waals surface area (Å²) >= 11 is 0. The van der Waals surface area contributed by atoms with E-state index in [2.05, 4.69) is 0 Å². The Morgan fingerprint density at radius 3 is 1.64 bits per heavy atom. The lowest BCUT2D eigenvalue weighted by Crippen LogP contribution is -2.62. The SMILES string of the molecule is O=C(O)c1ccc(C(=O)OC[C@H]2O[C@@](COC(=O)c3ccc(C(=O)O)cc3)(O[C@H]3O[C@H](CO)[C@@H](O)[C@H](O)[C@H]3O)[C@@H](O)[C@@H]2O)cc1. The molecule has 17 nitrogen and oxygen atoms in total. The molecule has 2 aromatic carbocycles. The van der Waals surface area contributed by atoms with E-state index >= 15 is 0 Å². The highest BCUT2D eigenvalue weighted by Gasteiger charge is 2.59. The largest absolute Gasteiger partial charge is 0.478 e. The molecule has 0 saturated carbocycles. The minimum atomic E-state index is -2.57. The van der Waals surface area contributed by atoms with Gasteiger partial charge in [0, 0.05) is 0 Å². The first-order valence-electron chi connectivity index (χ1n) is 13.3. The third-order valence-corrected chi connectivity index (χ3v) is 7.19. The van der Waals surface area contributed by atoms with Gasteiger partial charge in [-0.05, 0) is 48.5 Å². The van der Waals surface area contributed by atoms with E-state index in [1.54, 1.807) is 0 Å². The summed E-state index contributed by atoms with van der Waals surface area (Å²) in [4.78, 5) is 47.4. The Hall–Kier alpha value is -4.04. The molecule has 0 unspecified atom stereocenters. The van der Waals surface area contributed by atoms with Crippen molar-refractivity contribution in [3.63, 3.8) is 0 Å². The highest BCUT2D eigenvalue weighted by Crippen LogP contribution is 2.37. The fraction of sp³-hybridized carbons (Fsp3) is 0.429. The lowest BCUT2D eigenvalue weighted by Gasteiger charge is -2.43. The smallest absolute Gasteiger partial charge is 0.338 e. The molecule has 2 fully saturated rings. The number of carbonyl (C=O) groups excluding carboxylic acids is 2. The topological polar surface area (TPSA) is 276 Å². The molecule has 0 amide bonds. The van der Waals surface area contributed by atoms with Crippen molar-refractivity contribution in [2.45, 2.75) is 54.8 Å². The lowest BCUT2D eigenvalue weighted by molar-refractivity contribution is -0.383. The number of aliphatic hydroxyl groups excluding tert-OH is 6. The van der Waals surface area contributed by atoms with Crippen LogP contribution in [0, 0.1) is 0 Å². The van der Waals surface area contributed by atoms with Crippen LogP contribution in [0.4, 0.5) is 0 Å². The number of carboxylic acid groups (broad SMARTS) is 2. The van der Waals surface area contributed by atoms with Gasteiger partial charge >= 0.3 is 23.9 Å². The van der Waals surface area contributed by atoms with Crippen LogP contribution in [-0.4, -0.2) is 139 Å². The van der Waals surface area contributed by atoms with E-state index in [1.807, 2.05) is 0 Å². The van der Waals surface area contributed by atoms with Gasteiger partial charge in [0.25, 0.3) is 0 Å². The van der Waals surface area contributed by atoms with Crippen LogP contribution in [0.5, 0.6) is 0 Å². The molecule has 0 bridgehead atoms. The number of hydrogen-bond acceptors (Lipinski definition) is 15. The second-order valence-corrected chi connectivity index (χ2v) is 10.2. The molecule has 17 heteroatoms. The molecule has 2 aliphatic rings. The molecule has 9 atom stereocenters. The third kappa shape index (κ3) is 7.28. The number of aromatic carboxylic acids is 2. The van der Waals surface area contributed by atoms with Gasteiger partial charge in [-0.2, -0.15) is 0 Å². The lowest BCUT2D eigenvalue weighted by atomic mass is 9.99. The predicted octanol–water partition coefficient (Wildman–Crippen LogP) is -2.27. The molecule has 4 rings (SSSR count). The minimum absolute atomic E-state index is 0.0558. The van der Waals surface area contributed by atoms with E-state index in [1.165, 1.54) is 12.1 Å². The normalized spacial score (nSPS) is 31.2. The summed E-state index contributed by atoms with van der Waals surface area (Å²) in [5.41, 5.74) is -0.399. The van der Waals surface area contributed by atoms with Gasteiger partial charge in [0.1, 0.15) is 55.9 Å². The fourth-order valence-corrected chi connectivity index (χ4v) is 4.59. The van der Waals surface area contributed by atoms with Crippen LogP contribution in [0.25, 0.3) is 0 Å². The molecule has 244 valence electrons. The summed E-state index contributed by atoms with van der Waals surface area (Å²) in [6, 6.07) is 9.22. The first-order chi connectivity index (χ1) is 21.3. The van der Waals surface area contributed by atoms with Gasteiger partial charge in [-0.1, -0.05) is 0 Å². The van der Waals surface area contributed by atoms with Gasteiger partial charge in [0.2, 0.25) is 5.79 Å². The van der Waals surface area contributed by atoms with Gasteiger partial charge in [-0.25, -0.2) is 19.2 Å². The van der Waals surface area contributed by atoms with E-state index in [9.17, 15) is 49.8 Å². The van der Waals surface area contributed by atoms with E-state index in [-0.39, 0.29) is 22.3 Å². The fourth-order valence-electron chi connectivity index (χ4n) is 4.59. The standard InChI is InChI=1S/C28H30O17/c29-9-16-18(30)20(32)21(33)27(43-16)45-28(11-42-26(40)15-7-3-13(4-8-15)24(37)38)22(34)19(31)17(44-28)10-41-25(39)14-5-1-12(2-6-14)23(35)36/h1-8,16-22,27,29-34H,9-11H2,(H,35,36)(H,37,38)/t16-,17-,18-,19-,20+,21-,22+,27-,28+/m1/s1. The van der Waals surface area contributed by atoms with E-state index < -0.39 is 98.5 Å². The number of rotatable bonds is 11. The number of carbonyl (C=O) groups is 4. The van der Waals surface area contributed by atoms with Crippen molar-refractivity contribution < 1.29 is 83.7 Å². The van der Waals surface area contributed by atoms with Crippen molar-refractivity contribution in [3.8, 4) is 0 Å². The summed E-state index contributed by atoms with van der Waals surface area (Å²) in [5.74, 6) is -7.05. The van der Waals surface area contributed by atoms with Crippen LogP contribution in [-0.2, 0) is 23.7 Å². The molecular formula is C28H30O17. The monoisotopic (exact) mass is 638 g/mol. The van der Waals surface area contributed by atoms with E-state index in [0.29, 0.717) is 0 Å². The summed E-state index contributed by atoms with van der Waals surface area (Å²) < 4.78 is 27.0. The third-order valence-electron chi connectivity index (χ3n) is 7.19. The molecule has 2 aromatic rings. The van der Waals surface area contributed by atoms with Crippen LogP contribution < -0.4 is 0 Å². The summed E-state index contributed by atoms with van der Waals surface area (Å²) in [6.07, 6.45) is -14.6. The maximum absolute atomic E-state index is 12.8. The first-order valence-corrected chi connectivity index (χ1v) is 13.3. The average molecular weight is 639 g/mol. The molecule has 0 radical (unpaired) electrons. The molecular weight excluding hydrogens is 608 g/mol. The van der Waals surface area contributed by atoms with Crippen molar-refractivity contribution in [1.29, 1.82) is 0 Å². The molecule has 2 heterocycles. The Kier molecular flexibility index (Phi) is 10.5. The van der Waals surface area contributed by atoms with Gasteiger partial charge in [0.05, 0.1) is 28.9 Å². The molecule has 2 aliphatic heterocycles. The van der Waals surface area contributed by atoms with Gasteiger partial charge in [-0.15, -0.1) is 0 Å². The second kappa shape index (κ2) is 13.9.